The van der Waals surface area contributed by atoms with Crippen LogP contribution < -0.4 is 10.6 Å². The Kier molecular flexibility index (Phi) is 5.21. The van der Waals surface area contributed by atoms with E-state index in [-0.39, 0.29) is 18.5 Å². The molecule has 0 aliphatic rings. The second kappa shape index (κ2) is 6.94. The lowest BCUT2D eigenvalue weighted by Crippen LogP contribution is -2.30. The van der Waals surface area contributed by atoms with Crippen molar-refractivity contribution >= 4 is 23.2 Å². The summed E-state index contributed by atoms with van der Waals surface area (Å²) in [5.74, 6) is -0.0897. The van der Waals surface area contributed by atoms with Gasteiger partial charge in [0.05, 0.1) is 23.6 Å². The smallest absolute Gasteiger partial charge is 0.238 e. The molecule has 0 fully saturated rings. The van der Waals surface area contributed by atoms with E-state index in [4.69, 9.17) is 11.6 Å². The molecule has 1 heterocycles. The molecule has 0 aliphatic carbocycles. The highest BCUT2D eigenvalue weighted by molar-refractivity contribution is 6.30. The minimum Gasteiger partial charge on any atom is -0.322 e. The lowest BCUT2D eigenvalue weighted by atomic mass is 10.1. The maximum absolute atomic E-state index is 12.1. The largest absolute Gasteiger partial charge is 0.322 e. The van der Waals surface area contributed by atoms with Crippen LogP contribution in [0.3, 0.4) is 0 Å². The Bertz CT molecular complexity index is 681. The van der Waals surface area contributed by atoms with E-state index < -0.39 is 0 Å². The third-order valence-electron chi connectivity index (χ3n) is 3.69. The van der Waals surface area contributed by atoms with Crippen molar-refractivity contribution in [3.8, 4) is 0 Å². The molecule has 2 N–H and O–H groups in total. The van der Waals surface area contributed by atoms with Gasteiger partial charge in [0.25, 0.3) is 0 Å². The average Bonchev–Trinajstić information content (AvgIpc) is 2.71. The van der Waals surface area contributed by atoms with Gasteiger partial charge in [-0.3, -0.25) is 9.48 Å². The van der Waals surface area contributed by atoms with Crippen molar-refractivity contribution in [3.63, 3.8) is 0 Å². The number of nitrogens with zero attached hydrogens (tertiary/aromatic N) is 2. The number of halogens is 1. The first-order chi connectivity index (χ1) is 10.4. The third-order valence-corrected chi connectivity index (χ3v) is 3.93. The lowest BCUT2D eigenvalue weighted by Gasteiger charge is -2.14. The molecule has 0 saturated carbocycles. The summed E-state index contributed by atoms with van der Waals surface area (Å²) in [4.78, 5) is 12.1. The van der Waals surface area contributed by atoms with Crippen LogP contribution in [0.1, 0.15) is 29.9 Å². The summed E-state index contributed by atoms with van der Waals surface area (Å²) in [6.45, 7) is 6.03. The molecule has 5 nitrogen and oxygen atoms in total. The minimum absolute atomic E-state index is 0.0422. The fourth-order valence-electron chi connectivity index (χ4n) is 2.28. The zero-order valence-electron chi connectivity index (χ0n) is 13.3. The monoisotopic (exact) mass is 320 g/mol. The first-order valence-corrected chi connectivity index (χ1v) is 7.55. The van der Waals surface area contributed by atoms with Crippen LogP contribution in [-0.2, 0) is 11.8 Å². The van der Waals surface area contributed by atoms with E-state index in [0.29, 0.717) is 5.02 Å². The van der Waals surface area contributed by atoms with Gasteiger partial charge in [0.1, 0.15) is 0 Å². The Morgan fingerprint density at radius 2 is 2.14 bits per heavy atom. The van der Waals surface area contributed by atoms with E-state index in [2.05, 4.69) is 15.7 Å². The number of rotatable bonds is 5. The quantitative estimate of drug-likeness (QED) is 0.890. The summed E-state index contributed by atoms with van der Waals surface area (Å²) in [6.07, 6.45) is 0. The SMILES string of the molecule is Cc1nn(C)c(C)c1NC(=O)CN[C@@H](C)c1cccc(Cl)c1. The Labute approximate surface area is 135 Å². The molecule has 0 bridgehead atoms. The first-order valence-electron chi connectivity index (χ1n) is 7.17. The molecule has 2 rings (SSSR count). The molecule has 118 valence electrons. The zero-order chi connectivity index (χ0) is 16.3. The van der Waals surface area contributed by atoms with Crippen molar-refractivity contribution in [2.45, 2.75) is 26.8 Å². The van der Waals surface area contributed by atoms with Crippen LogP contribution in [0.2, 0.25) is 5.02 Å². The molecule has 0 aliphatic heterocycles. The lowest BCUT2D eigenvalue weighted by molar-refractivity contribution is -0.115. The number of aryl methyl sites for hydroxylation is 2. The van der Waals surface area contributed by atoms with E-state index in [1.54, 1.807) is 4.68 Å². The fourth-order valence-corrected chi connectivity index (χ4v) is 2.48. The molecule has 1 amide bonds. The number of anilines is 1. The van der Waals surface area contributed by atoms with Gasteiger partial charge in [-0.05, 0) is 38.5 Å². The normalized spacial score (nSPS) is 12.2. The Morgan fingerprint density at radius 1 is 1.41 bits per heavy atom. The molecule has 0 unspecified atom stereocenters. The standard InChI is InChI=1S/C16H21ClN4O/c1-10(13-6-5-7-14(17)8-13)18-9-15(22)19-16-11(2)20-21(4)12(16)3/h5-8,10,18H,9H2,1-4H3,(H,19,22)/t10-/m0/s1. The van der Waals surface area contributed by atoms with Crippen LogP contribution in [0.25, 0.3) is 0 Å². The van der Waals surface area contributed by atoms with E-state index in [1.807, 2.05) is 52.1 Å². The van der Waals surface area contributed by atoms with E-state index in [9.17, 15) is 4.79 Å². The number of benzene rings is 1. The maximum atomic E-state index is 12.1. The second-order valence-electron chi connectivity index (χ2n) is 5.38. The zero-order valence-corrected chi connectivity index (χ0v) is 14.0. The van der Waals surface area contributed by atoms with Crippen molar-refractivity contribution < 1.29 is 4.79 Å². The molecular weight excluding hydrogens is 300 g/mol. The highest BCUT2D eigenvalue weighted by Crippen LogP contribution is 2.19. The van der Waals surface area contributed by atoms with Crippen LogP contribution in [0.5, 0.6) is 0 Å². The van der Waals surface area contributed by atoms with Crippen LogP contribution in [-0.4, -0.2) is 22.2 Å². The second-order valence-corrected chi connectivity index (χ2v) is 5.81. The molecule has 22 heavy (non-hydrogen) atoms. The Hall–Kier alpha value is -1.85. The molecule has 1 atom stereocenters. The topological polar surface area (TPSA) is 59.0 Å². The number of hydrogen-bond acceptors (Lipinski definition) is 3. The highest BCUT2D eigenvalue weighted by Gasteiger charge is 2.13. The van der Waals surface area contributed by atoms with Gasteiger partial charge in [0.2, 0.25) is 5.91 Å². The maximum Gasteiger partial charge on any atom is 0.238 e. The van der Waals surface area contributed by atoms with Crippen molar-refractivity contribution in [2.75, 3.05) is 11.9 Å². The summed E-state index contributed by atoms with van der Waals surface area (Å²) < 4.78 is 1.76. The minimum atomic E-state index is -0.0897. The van der Waals surface area contributed by atoms with E-state index in [0.717, 1.165) is 22.6 Å². The van der Waals surface area contributed by atoms with Gasteiger partial charge in [-0.2, -0.15) is 5.10 Å². The summed E-state index contributed by atoms with van der Waals surface area (Å²) >= 11 is 5.98. The van der Waals surface area contributed by atoms with Crippen molar-refractivity contribution in [3.05, 3.63) is 46.2 Å². The predicted molar refractivity (Wildman–Crippen MR) is 89.2 cm³/mol. The number of carbonyl (C=O) groups excluding carboxylic acids is 1. The van der Waals surface area contributed by atoms with E-state index >= 15 is 0 Å². The van der Waals surface area contributed by atoms with Crippen molar-refractivity contribution in [2.24, 2.45) is 7.05 Å². The molecule has 6 heteroatoms. The molecule has 0 saturated heterocycles. The van der Waals surface area contributed by atoms with Gasteiger partial charge < -0.3 is 10.6 Å². The van der Waals surface area contributed by atoms with Crippen LogP contribution in [0, 0.1) is 13.8 Å². The van der Waals surface area contributed by atoms with Gasteiger partial charge in [-0.1, -0.05) is 23.7 Å². The summed E-state index contributed by atoms with van der Waals surface area (Å²) in [5.41, 5.74) is 3.59. The van der Waals surface area contributed by atoms with Gasteiger partial charge in [-0.15, -0.1) is 0 Å². The van der Waals surface area contributed by atoms with Crippen LogP contribution >= 0.6 is 11.6 Å². The molecular formula is C16H21ClN4O. The molecule has 0 spiro atoms. The van der Waals surface area contributed by atoms with Gasteiger partial charge >= 0.3 is 0 Å². The first kappa shape index (κ1) is 16.5. The fraction of sp³-hybridized carbons (Fsp3) is 0.375. The van der Waals surface area contributed by atoms with E-state index in [1.165, 1.54) is 0 Å². The number of carbonyl (C=O) groups is 1. The highest BCUT2D eigenvalue weighted by atomic mass is 35.5. The molecule has 1 aromatic heterocycles. The number of aromatic nitrogens is 2. The average molecular weight is 321 g/mol. The number of hydrogen-bond donors (Lipinski definition) is 2. The van der Waals surface area contributed by atoms with Crippen LogP contribution in [0.4, 0.5) is 5.69 Å². The Balaban J connectivity index is 1.93. The summed E-state index contributed by atoms with van der Waals surface area (Å²) in [5, 5.41) is 11.1. The molecule has 1 aromatic carbocycles. The summed E-state index contributed by atoms with van der Waals surface area (Å²) in [7, 11) is 1.86. The third kappa shape index (κ3) is 3.87. The Morgan fingerprint density at radius 3 is 2.73 bits per heavy atom. The molecule has 0 radical (unpaired) electrons. The number of amides is 1. The van der Waals surface area contributed by atoms with Gasteiger partial charge in [0.15, 0.2) is 0 Å². The van der Waals surface area contributed by atoms with Crippen LogP contribution in [0.15, 0.2) is 24.3 Å². The molecule has 2 aromatic rings. The number of nitrogens with one attached hydrogen (secondary N) is 2. The van der Waals surface area contributed by atoms with Gasteiger partial charge in [-0.25, -0.2) is 0 Å². The predicted octanol–water partition coefficient (Wildman–Crippen LogP) is 2.98. The summed E-state index contributed by atoms with van der Waals surface area (Å²) in [6, 6.07) is 7.65. The van der Waals surface area contributed by atoms with Crippen molar-refractivity contribution in [1.29, 1.82) is 0 Å². The van der Waals surface area contributed by atoms with Crippen molar-refractivity contribution in [1.82, 2.24) is 15.1 Å². The van der Waals surface area contributed by atoms with Gasteiger partial charge in [0, 0.05) is 18.1 Å².